The fourth-order valence-electron chi connectivity index (χ4n) is 1.72. The summed E-state index contributed by atoms with van der Waals surface area (Å²) in [6.07, 6.45) is -0.653. The molecule has 0 saturated carbocycles. The van der Waals surface area contributed by atoms with Gasteiger partial charge in [-0.25, -0.2) is 0 Å². The first kappa shape index (κ1) is 13.0. The van der Waals surface area contributed by atoms with Crippen LogP contribution in [0.4, 0.5) is 0 Å². The summed E-state index contributed by atoms with van der Waals surface area (Å²) in [5.41, 5.74) is 0. The van der Waals surface area contributed by atoms with Gasteiger partial charge in [-0.3, -0.25) is 0 Å². The molecule has 2 aromatic carbocycles. The van der Waals surface area contributed by atoms with Crippen LogP contribution >= 0.6 is 11.6 Å². The highest BCUT2D eigenvalue weighted by Gasteiger charge is 2.06. The summed E-state index contributed by atoms with van der Waals surface area (Å²) in [6.45, 7) is 0.189. The number of aliphatic hydroxyl groups excluding tert-OH is 1. The molecule has 1 atom stereocenters. The number of fused-ring (bicyclic) bond motifs is 1. The number of hydrogen-bond acceptors (Lipinski definition) is 3. The Bertz CT molecular complexity index is 527. The topological polar surface area (TPSA) is 38.7 Å². The van der Waals surface area contributed by atoms with Gasteiger partial charge in [0, 0.05) is 5.39 Å². The third-order valence-electron chi connectivity index (χ3n) is 2.66. The Morgan fingerprint density at radius 1 is 1.28 bits per heavy atom. The number of halogens is 1. The van der Waals surface area contributed by atoms with Crippen molar-refractivity contribution in [2.24, 2.45) is 0 Å². The molecule has 0 aliphatic rings. The fraction of sp³-hybridized carbons (Fsp3) is 0.286. The summed E-state index contributed by atoms with van der Waals surface area (Å²) < 4.78 is 10.7. The maximum Gasteiger partial charge on any atom is 0.127 e. The largest absolute Gasteiger partial charge is 0.497 e. The van der Waals surface area contributed by atoms with Gasteiger partial charge in [0.1, 0.15) is 24.2 Å². The van der Waals surface area contributed by atoms with Gasteiger partial charge in [-0.05, 0) is 29.7 Å². The molecule has 0 radical (unpaired) electrons. The van der Waals surface area contributed by atoms with Gasteiger partial charge in [0.05, 0.1) is 13.0 Å². The molecule has 1 N–H and O–H groups in total. The lowest BCUT2D eigenvalue weighted by atomic mass is 10.1. The molecule has 18 heavy (non-hydrogen) atoms. The lowest BCUT2D eigenvalue weighted by molar-refractivity contribution is 0.126. The minimum absolute atomic E-state index is 0.165. The van der Waals surface area contributed by atoms with Crippen LogP contribution in [0.15, 0.2) is 36.4 Å². The van der Waals surface area contributed by atoms with Crippen molar-refractivity contribution in [3.05, 3.63) is 36.4 Å². The maximum atomic E-state index is 9.40. The van der Waals surface area contributed by atoms with Crippen LogP contribution in [0.25, 0.3) is 10.8 Å². The van der Waals surface area contributed by atoms with E-state index in [0.717, 1.165) is 22.3 Å². The molecule has 4 heteroatoms. The molecule has 0 aliphatic heterocycles. The minimum atomic E-state index is -0.653. The zero-order valence-electron chi connectivity index (χ0n) is 10.1. The Balaban J connectivity index is 2.28. The van der Waals surface area contributed by atoms with Crippen LogP contribution in [0.1, 0.15) is 0 Å². The van der Waals surface area contributed by atoms with Crippen molar-refractivity contribution in [2.45, 2.75) is 6.10 Å². The van der Waals surface area contributed by atoms with E-state index in [4.69, 9.17) is 21.1 Å². The van der Waals surface area contributed by atoms with Crippen molar-refractivity contribution in [3.8, 4) is 11.5 Å². The number of ether oxygens (including phenoxy) is 2. The third-order valence-corrected chi connectivity index (χ3v) is 3.01. The van der Waals surface area contributed by atoms with Crippen LogP contribution in [-0.2, 0) is 0 Å². The van der Waals surface area contributed by atoms with E-state index in [2.05, 4.69) is 0 Å². The molecule has 2 aromatic rings. The monoisotopic (exact) mass is 266 g/mol. The number of methoxy groups -OCH3 is 1. The fourth-order valence-corrected chi connectivity index (χ4v) is 1.80. The molecular formula is C14H15ClO3. The van der Waals surface area contributed by atoms with Crippen molar-refractivity contribution in [1.82, 2.24) is 0 Å². The van der Waals surface area contributed by atoms with Crippen LogP contribution in [-0.4, -0.2) is 30.8 Å². The van der Waals surface area contributed by atoms with E-state index in [-0.39, 0.29) is 12.5 Å². The van der Waals surface area contributed by atoms with Crippen molar-refractivity contribution in [3.63, 3.8) is 0 Å². The second-order valence-corrected chi connectivity index (χ2v) is 4.27. The smallest absolute Gasteiger partial charge is 0.127 e. The quantitative estimate of drug-likeness (QED) is 0.846. The van der Waals surface area contributed by atoms with Gasteiger partial charge in [-0.2, -0.15) is 0 Å². The molecule has 96 valence electrons. The molecule has 2 rings (SSSR count). The van der Waals surface area contributed by atoms with E-state index in [0.29, 0.717) is 0 Å². The lowest BCUT2D eigenvalue weighted by Gasteiger charge is -2.12. The third kappa shape index (κ3) is 2.86. The molecular weight excluding hydrogens is 252 g/mol. The van der Waals surface area contributed by atoms with Crippen molar-refractivity contribution in [2.75, 3.05) is 19.6 Å². The second kappa shape index (κ2) is 5.94. The van der Waals surface area contributed by atoms with E-state index >= 15 is 0 Å². The standard InChI is InChI=1S/C14H15ClO3/c1-17-12-5-6-13-10(7-12)3-2-4-14(13)18-9-11(16)8-15/h2-7,11,16H,8-9H2,1H3. The summed E-state index contributed by atoms with van der Waals surface area (Å²) >= 11 is 5.53. The molecule has 3 nitrogen and oxygen atoms in total. The van der Waals surface area contributed by atoms with Crippen molar-refractivity contribution in [1.29, 1.82) is 0 Å². The highest BCUT2D eigenvalue weighted by molar-refractivity contribution is 6.18. The van der Waals surface area contributed by atoms with Gasteiger partial charge < -0.3 is 14.6 Å². The summed E-state index contributed by atoms with van der Waals surface area (Å²) in [5, 5.41) is 11.4. The number of rotatable bonds is 5. The first-order valence-corrected chi connectivity index (χ1v) is 6.21. The van der Waals surface area contributed by atoms with Gasteiger partial charge >= 0.3 is 0 Å². The van der Waals surface area contributed by atoms with Gasteiger partial charge in [0.15, 0.2) is 0 Å². The predicted molar refractivity (Wildman–Crippen MR) is 72.7 cm³/mol. The molecule has 0 bridgehead atoms. The van der Waals surface area contributed by atoms with Crippen molar-refractivity contribution < 1.29 is 14.6 Å². The Kier molecular flexibility index (Phi) is 4.28. The number of hydrogen-bond donors (Lipinski definition) is 1. The average molecular weight is 267 g/mol. The van der Waals surface area contributed by atoms with E-state index in [1.807, 2.05) is 36.4 Å². The summed E-state index contributed by atoms with van der Waals surface area (Å²) in [4.78, 5) is 0. The molecule has 0 heterocycles. The number of benzene rings is 2. The van der Waals surface area contributed by atoms with Gasteiger partial charge in [-0.15, -0.1) is 11.6 Å². The average Bonchev–Trinajstić information content (AvgIpc) is 2.43. The van der Waals surface area contributed by atoms with E-state index in [1.165, 1.54) is 0 Å². The molecule has 0 aliphatic carbocycles. The first-order chi connectivity index (χ1) is 8.74. The normalized spacial score (nSPS) is 12.4. The van der Waals surface area contributed by atoms with E-state index < -0.39 is 6.10 Å². The minimum Gasteiger partial charge on any atom is -0.497 e. The molecule has 0 amide bonds. The van der Waals surface area contributed by atoms with Gasteiger partial charge in [-0.1, -0.05) is 12.1 Å². The Morgan fingerprint density at radius 3 is 2.83 bits per heavy atom. The highest BCUT2D eigenvalue weighted by atomic mass is 35.5. The van der Waals surface area contributed by atoms with Gasteiger partial charge in [0.25, 0.3) is 0 Å². The van der Waals surface area contributed by atoms with E-state index in [1.54, 1.807) is 7.11 Å². The summed E-state index contributed by atoms with van der Waals surface area (Å²) in [5.74, 6) is 1.71. The zero-order valence-corrected chi connectivity index (χ0v) is 10.9. The molecule has 0 saturated heterocycles. The predicted octanol–water partition coefficient (Wildman–Crippen LogP) is 2.83. The Labute approximate surface area is 111 Å². The van der Waals surface area contributed by atoms with Crippen LogP contribution in [0.3, 0.4) is 0 Å². The van der Waals surface area contributed by atoms with Crippen LogP contribution < -0.4 is 9.47 Å². The Morgan fingerprint density at radius 2 is 2.11 bits per heavy atom. The van der Waals surface area contributed by atoms with E-state index in [9.17, 15) is 5.11 Å². The second-order valence-electron chi connectivity index (χ2n) is 3.96. The summed E-state index contributed by atoms with van der Waals surface area (Å²) in [6, 6.07) is 11.5. The van der Waals surface area contributed by atoms with Crippen LogP contribution in [0, 0.1) is 0 Å². The number of aliphatic hydroxyl groups is 1. The first-order valence-electron chi connectivity index (χ1n) is 5.68. The van der Waals surface area contributed by atoms with Crippen LogP contribution in [0.2, 0.25) is 0 Å². The molecule has 0 aromatic heterocycles. The highest BCUT2D eigenvalue weighted by Crippen LogP contribution is 2.28. The van der Waals surface area contributed by atoms with Crippen LogP contribution in [0.5, 0.6) is 11.5 Å². The maximum absolute atomic E-state index is 9.40. The van der Waals surface area contributed by atoms with Crippen molar-refractivity contribution >= 4 is 22.4 Å². The zero-order chi connectivity index (χ0) is 13.0. The molecule has 1 unspecified atom stereocenters. The lowest BCUT2D eigenvalue weighted by Crippen LogP contribution is -2.18. The summed E-state index contributed by atoms with van der Waals surface area (Å²) in [7, 11) is 1.64. The molecule has 0 spiro atoms. The SMILES string of the molecule is COc1ccc2c(OCC(O)CCl)cccc2c1. The Hall–Kier alpha value is -1.45. The molecule has 0 fully saturated rings. The number of alkyl halides is 1. The van der Waals surface area contributed by atoms with Gasteiger partial charge in [0.2, 0.25) is 0 Å².